The van der Waals surface area contributed by atoms with Crippen molar-refractivity contribution in [3.8, 4) is 0 Å². The number of nitrogens with zero attached hydrogens (tertiary/aromatic N) is 1. The number of hydrogen-bond acceptors (Lipinski definition) is 2. The third kappa shape index (κ3) is 2.75. The van der Waals surface area contributed by atoms with Gasteiger partial charge in [0.25, 0.3) is 0 Å². The van der Waals surface area contributed by atoms with E-state index in [0.29, 0.717) is 5.56 Å². The molecule has 94 valence electrons. The van der Waals surface area contributed by atoms with Crippen LogP contribution in [0.3, 0.4) is 0 Å². The SMILES string of the molecule is Cc1ccc(F)c(NC2CCN(C)CC2)c1F. The van der Waals surface area contributed by atoms with E-state index in [1.54, 1.807) is 6.92 Å². The van der Waals surface area contributed by atoms with Crippen molar-refractivity contribution in [2.75, 3.05) is 25.5 Å². The molecule has 0 aliphatic carbocycles. The molecule has 1 N–H and O–H groups in total. The molecule has 0 bridgehead atoms. The second kappa shape index (κ2) is 5.00. The molecule has 0 radical (unpaired) electrons. The Bertz CT molecular complexity index is 399. The van der Waals surface area contributed by atoms with Gasteiger partial charge in [0.1, 0.15) is 11.5 Å². The fraction of sp³-hybridized carbons (Fsp3) is 0.538. The number of halogens is 2. The van der Waals surface area contributed by atoms with Gasteiger partial charge in [-0.25, -0.2) is 8.78 Å². The minimum atomic E-state index is -0.507. The second-order valence-corrected chi connectivity index (χ2v) is 4.78. The summed E-state index contributed by atoms with van der Waals surface area (Å²) >= 11 is 0. The van der Waals surface area contributed by atoms with Crippen LogP contribution in [0, 0.1) is 18.6 Å². The van der Waals surface area contributed by atoms with Gasteiger partial charge in [0.2, 0.25) is 0 Å². The van der Waals surface area contributed by atoms with Crippen molar-refractivity contribution < 1.29 is 8.78 Å². The fourth-order valence-corrected chi connectivity index (χ4v) is 2.15. The van der Waals surface area contributed by atoms with Crippen LogP contribution >= 0.6 is 0 Å². The summed E-state index contributed by atoms with van der Waals surface area (Å²) in [5, 5.41) is 3.00. The van der Waals surface area contributed by atoms with Gasteiger partial charge >= 0.3 is 0 Å². The zero-order valence-electron chi connectivity index (χ0n) is 10.3. The maximum absolute atomic E-state index is 13.8. The lowest BCUT2D eigenvalue weighted by molar-refractivity contribution is 0.263. The molecule has 0 amide bonds. The summed E-state index contributed by atoms with van der Waals surface area (Å²) in [6, 6.07) is 2.94. The number of rotatable bonds is 2. The number of anilines is 1. The van der Waals surface area contributed by atoms with Gasteiger partial charge in [-0.15, -0.1) is 0 Å². The number of piperidine rings is 1. The van der Waals surface area contributed by atoms with Crippen molar-refractivity contribution in [3.05, 3.63) is 29.3 Å². The van der Waals surface area contributed by atoms with Crippen molar-refractivity contribution >= 4 is 5.69 Å². The Balaban J connectivity index is 2.11. The predicted octanol–water partition coefficient (Wildman–Crippen LogP) is 2.78. The number of nitrogens with one attached hydrogen (secondary N) is 1. The van der Waals surface area contributed by atoms with Gasteiger partial charge < -0.3 is 10.2 Å². The third-order valence-corrected chi connectivity index (χ3v) is 3.35. The highest BCUT2D eigenvalue weighted by atomic mass is 19.1. The molecule has 0 aromatic heterocycles. The third-order valence-electron chi connectivity index (χ3n) is 3.35. The van der Waals surface area contributed by atoms with Crippen LogP contribution in [0.4, 0.5) is 14.5 Å². The lowest BCUT2D eigenvalue weighted by atomic mass is 10.0. The maximum atomic E-state index is 13.8. The van der Waals surface area contributed by atoms with Crippen LogP contribution in [0.25, 0.3) is 0 Å². The van der Waals surface area contributed by atoms with Gasteiger partial charge in [0.05, 0.1) is 0 Å². The minimum absolute atomic E-state index is 0.0274. The molecule has 0 spiro atoms. The summed E-state index contributed by atoms with van der Waals surface area (Å²) in [6.45, 7) is 3.58. The largest absolute Gasteiger partial charge is 0.377 e. The lowest BCUT2D eigenvalue weighted by Gasteiger charge is -2.30. The molecule has 0 saturated carbocycles. The summed E-state index contributed by atoms with van der Waals surface area (Å²) in [5.74, 6) is -0.976. The molecule has 4 heteroatoms. The first-order valence-corrected chi connectivity index (χ1v) is 5.97. The first-order valence-electron chi connectivity index (χ1n) is 5.97. The van der Waals surface area contributed by atoms with Crippen molar-refractivity contribution in [1.29, 1.82) is 0 Å². The summed E-state index contributed by atoms with van der Waals surface area (Å²) in [4.78, 5) is 2.22. The van der Waals surface area contributed by atoms with Crippen LogP contribution in [-0.2, 0) is 0 Å². The normalized spacial score (nSPS) is 18.4. The lowest BCUT2D eigenvalue weighted by Crippen LogP contribution is -2.37. The van der Waals surface area contributed by atoms with E-state index in [1.165, 1.54) is 12.1 Å². The molecule has 1 saturated heterocycles. The smallest absolute Gasteiger partial charge is 0.152 e. The molecule has 1 aliphatic rings. The number of benzene rings is 1. The summed E-state index contributed by atoms with van der Waals surface area (Å²) in [7, 11) is 2.06. The van der Waals surface area contributed by atoms with E-state index in [0.717, 1.165) is 25.9 Å². The van der Waals surface area contributed by atoms with Gasteiger partial charge in [-0.2, -0.15) is 0 Å². The second-order valence-electron chi connectivity index (χ2n) is 4.78. The van der Waals surface area contributed by atoms with E-state index in [9.17, 15) is 8.78 Å². The highest BCUT2D eigenvalue weighted by Crippen LogP contribution is 2.24. The zero-order valence-corrected chi connectivity index (χ0v) is 10.3. The number of hydrogen-bond donors (Lipinski definition) is 1. The van der Waals surface area contributed by atoms with E-state index < -0.39 is 11.6 Å². The quantitative estimate of drug-likeness (QED) is 0.855. The highest BCUT2D eigenvalue weighted by Gasteiger charge is 2.19. The zero-order chi connectivity index (χ0) is 12.4. The van der Waals surface area contributed by atoms with Gasteiger partial charge in [-0.3, -0.25) is 0 Å². The average molecular weight is 240 g/mol. The van der Waals surface area contributed by atoms with Crippen LogP contribution in [0.2, 0.25) is 0 Å². The van der Waals surface area contributed by atoms with E-state index in [1.807, 2.05) is 0 Å². The Morgan fingerprint density at radius 1 is 1.24 bits per heavy atom. The topological polar surface area (TPSA) is 15.3 Å². The molecule has 2 nitrogen and oxygen atoms in total. The Morgan fingerprint density at radius 2 is 1.88 bits per heavy atom. The van der Waals surface area contributed by atoms with Gasteiger partial charge in [0.15, 0.2) is 5.82 Å². The Kier molecular flexibility index (Phi) is 3.62. The average Bonchev–Trinajstić information content (AvgIpc) is 2.32. The van der Waals surface area contributed by atoms with Crippen LogP contribution in [0.1, 0.15) is 18.4 Å². The van der Waals surface area contributed by atoms with Crippen LogP contribution < -0.4 is 5.32 Å². The van der Waals surface area contributed by atoms with Crippen molar-refractivity contribution in [2.24, 2.45) is 0 Å². The maximum Gasteiger partial charge on any atom is 0.152 e. The van der Waals surface area contributed by atoms with Crippen molar-refractivity contribution in [3.63, 3.8) is 0 Å². The first-order chi connectivity index (χ1) is 8.08. The van der Waals surface area contributed by atoms with Gasteiger partial charge in [-0.05, 0) is 51.5 Å². The number of aryl methyl sites for hydroxylation is 1. The highest BCUT2D eigenvalue weighted by molar-refractivity contribution is 5.49. The predicted molar refractivity (Wildman–Crippen MR) is 65.2 cm³/mol. The van der Waals surface area contributed by atoms with Crippen molar-refractivity contribution in [2.45, 2.75) is 25.8 Å². The first kappa shape index (κ1) is 12.3. The Hall–Kier alpha value is -1.16. The summed E-state index contributed by atoms with van der Waals surface area (Å²) in [6.07, 6.45) is 1.84. The minimum Gasteiger partial charge on any atom is -0.377 e. The fourth-order valence-electron chi connectivity index (χ4n) is 2.15. The molecule has 0 atom stereocenters. The monoisotopic (exact) mass is 240 g/mol. The molecule has 1 heterocycles. The summed E-state index contributed by atoms with van der Waals surface area (Å²) in [5.41, 5.74) is 0.501. The molecule has 2 rings (SSSR count). The summed E-state index contributed by atoms with van der Waals surface area (Å²) < 4.78 is 27.3. The van der Waals surface area contributed by atoms with Gasteiger partial charge in [-0.1, -0.05) is 6.07 Å². The molecular formula is C13H18F2N2. The van der Waals surface area contributed by atoms with Crippen LogP contribution in [0.15, 0.2) is 12.1 Å². The standard InChI is InChI=1S/C13H18F2N2/c1-9-3-4-11(14)13(12(9)15)16-10-5-7-17(2)8-6-10/h3-4,10,16H,5-8H2,1-2H3. The van der Waals surface area contributed by atoms with E-state index in [2.05, 4.69) is 17.3 Å². The van der Waals surface area contributed by atoms with E-state index >= 15 is 0 Å². The van der Waals surface area contributed by atoms with E-state index in [4.69, 9.17) is 0 Å². The number of likely N-dealkylation sites (tertiary alicyclic amines) is 1. The molecule has 1 fully saturated rings. The van der Waals surface area contributed by atoms with Crippen molar-refractivity contribution in [1.82, 2.24) is 4.90 Å². The molecule has 1 aromatic carbocycles. The van der Waals surface area contributed by atoms with Crippen LogP contribution in [0.5, 0.6) is 0 Å². The molecule has 1 aromatic rings. The van der Waals surface area contributed by atoms with E-state index in [-0.39, 0.29) is 11.7 Å². The van der Waals surface area contributed by atoms with Crippen LogP contribution in [-0.4, -0.2) is 31.1 Å². The molecule has 0 unspecified atom stereocenters. The molecule has 1 aliphatic heterocycles. The Morgan fingerprint density at radius 3 is 2.53 bits per heavy atom. The Labute approximate surface area is 101 Å². The van der Waals surface area contributed by atoms with Gasteiger partial charge in [0, 0.05) is 6.04 Å². The molecule has 17 heavy (non-hydrogen) atoms. The molecular weight excluding hydrogens is 222 g/mol.